The van der Waals surface area contributed by atoms with Crippen LogP contribution in [0.25, 0.3) is 0 Å². The van der Waals surface area contributed by atoms with Gasteiger partial charge in [-0.25, -0.2) is 4.98 Å². The Balaban J connectivity index is 1.65. The fraction of sp³-hybridized carbons (Fsp3) is 0.238. The molecule has 1 amide bonds. The Morgan fingerprint density at radius 3 is 2.60 bits per heavy atom. The largest absolute Gasteiger partial charge is 0.418 e. The maximum Gasteiger partial charge on any atom is 0.418 e. The molecule has 3 aromatic rings. The predicted molar refractivity (Wildman–Crippen MR) is 111 cm³/mol. The molecule has 1 N–H and O–H groups in total. The maximum absolute atomic E-state index is 13.4. The van der Waals surface area contributed by atoms with Crippen molar-refractivity contribution in [3.63, 3.8) is 0 Å². The summed E-state index contributed by atoms with van der Waals surface area (Å²) < 4.78 is 42.3. The number of alkyl halides is 3. The van der Waals surface area contributed by atoms with E-state index in [4.69, 9.17) is 11.6 Å². The maximum atomic E-state index is 13.4. The number of carbonyl (C=O) groups is 1. The van der Waals surface area contributed by atoms with Gasteiger partial charge >= 0.3 is 6.18 Å². The Kier molecular flexibility index (Phi) is 5.79. The van der Waals surface area contributed by atoms with Gasteiger partial charge in [-0.05, 0) is 36.6 Å². The lowest BCUT2D eigenvalue weighted by atomic mass is 10.1. The monoisotopic (exact) mass is 451 g/mol. The summed E-state index contributed by atoms with van der Waals surface area (Å²) in [6.45, 7) is 0. The van der Waals surface area contributed by atoms with Crippen LogP contribution in [0.1, 0.15) is 35.3 Å². The van der Waals surface area contributed by atoms with Gasteiger partial charge in [0.05, 0.1) is 11.3 Å². The van der Waals surface area contributed by atoms with Gasteiger partial charge < -0.3 is 9.88 Å². The van der Waals surface area contributed by atoms with Crippen molar-refractivity contribution in [2.45, 2.75) is 35.5 Å². The first-order chi connectivity index (χ1) is 14.3. The van der Waals surface area contributed by atoms with Crippen molar-refractivity contribution in [2.75, 3.05) is 5.32 Å². The van der Waals surface area contributed by atoms with Gasteiger partial charge in [-0.15, -0.1) is 0 Å². The van der Waals surface area contributed by atoms with E-state index in [0.29, 0.717) is 16.8 Å². The zero-order valence-electron chi connectivity index (χ0n) is 15.6. The van der Waals surface area contributed by atoms with Gasteiger partial charge in [-0.1, -0.05) is 53.7 Å². The SMILES string of the molecule is O=C(Nc1ccc(Cl)cc1C(F)(F)F)[C@@H](Sc1nccn1C1CC1)c1ccccc1. The third-order valence-corrected chi connectivity index (χ3v) is 6.17. The van der Waals surface area contributed by atoms with Gasteiger partial charge in [0.1, 0.15) is 5.25 Å². The molecule has 1 aliphatic carbocycles. The van der Waals surface area contributed by atoms with Gasteiger partial charge in [0.15, 0.2) is 5.16 Å². The Morgan fingerprint density at radius 1 is 1.20 bits per heavy atom. The molecule has 0 saturated heterocycles. The number of amides is 1. The van der Waals surface area contributed by atoms with Crippen molar-refractivity contribution in [1.82, 2.24) is 9.55 Å². The smallest absolute Gasteiger partial charge is 0.324 e. The van der Waals surface area contributed by atoms with E-state index < -0.39 is 22.9 Å². The van der Waals surface area contributed by atoms with Crippen molar-refractivity contribution in [2.24, 2.45) is 0 Å². The molecule has 1 saturated carbocycles. The molecule has 0 radical (unpaired) electrons. The second-order valence-electron chi connectivity index (χ2n) is 6.93. The van der Waals surface area contributed by atoms with Gasteiger partial charge in [-0.2, -0.15) is 13.2 Å². The number of carbonyl (C=O) groups excluding carboxylic acids is 1. The highest BCUT2D eigenvalue weighted by Crippen LogP contribution is 2.42. The highest BCUT2D eigenvalue weighted by atomic mass is 35.5. The summed E-state index contributed by atoms with van der Waals surface area (Å²) >= 11 is 6.96. The summed E-state index contributed by atoms with van der Waals surface area (Å²) in [6, 6.07) is 12.6. The number of anilines is 1. The van der Waals surface area contributed by atoms with Crippen LogP contribution in [-0.4, -0.2) is 15.5 Å². The van der Waals surface area contributed by atoms with Crippen molar-refractivity contribution < 1.29 is 18.0 Å². The minimum absolute atomic E-state index is 0.0548. The number of rotatable bonds is 6. The van der Waals surface area contributed by atoms with Crippen molar-refractivity contribution in [1.29, 1.82) is 0 Å². The summed E-state index contributed by atoms with van der Waals surface area (Å²) in [4.78, 5) is 17.5. The highest BCUT2D eigenvalue weighted by Gasteiger charge is 2.35. The third kappa shape index (κ3) is 4.65. The van der Waals surface area contributed by atoms with Gasteiger partial charge in [-0.3, -0.25) is 4.79 Å². The van der Waals surface area contributed by atoms with Crippen molar-refractivity contribution >= 4 is 35.0 Å². The van der Waals surface area contributed by atoms with Crippen molar-refractivity contribution in [3.8, 4) is 0 Å². The van der Waals surface area contributed by atoms with E-state index in [2.05, 4.69) is 10.3 Å². The first kappa shape index (κ1) is 20.8. The Hall–Kier alpha value is -2.45. The molecule has 0 aliphatic heterocycles. The molecule has 0 unspecified atom stereocenters. The van der Waals surface area contributed by atoms with Crippen LogP contribution in [0.4, 0.5) is 18.9 Å². The van der Waals surface area contributed by atoms with E-state index in [0.717, 1.165) is 18.9 Å². The molecule has 1 atom stereocenters. The molecule has 1 heterocycles. The van der Waals surface area contributed by atoms with Gasteiger partial charge in [0.2, 0.25) is 5.91 Å². The molecule has 4 rings (SSSR count). The summed E-state index contributed by atoms with van der Waals surface area (Å²) in [5.41, 5.74) is -0.642. The third-order valence-electron chi connectivity index (χ3n) is 4.68. The molecule has 156 valence electrons. The molecule has 9 heteroatoms. The van der Waals surface area contributed by atoms with Gasteiger partial charge in [0, 0.05) is 23.5 Å². The molecular formula is C21H17ClF3N3OS. The topological polar surface area (TPSA) is 46.9 Å². The number of aromatic nitrogens is 2. The van der Waals surface area contributed by atoms with E-state index in [9.17, 15) is 18.0 Å². The minimum atomic E-state index is -4.65. The number of thioether (sulfide) groups is 1. The zero-order chi connectivity index (χ0) is 21.3. The van der Waals surface area contributed by atoms with E-state index in [1.807, 2.05) is 16.8 Å². The Morgan fingerprint density at radius 2 is 1.93 bits per heavy atom. The zero-order valence-corrected chi connectivity index (χ0v) is 17.1. The van der Waals surface area contributed by atoms with Crippen molar-refractivity contribution in [3.05, 3.63) is 77.1 Å². The Labute approximate surface area is 180 Å². The van der Waals surface area contributed by atoms with Crippen LogP contribution < -0.4 is 5.32 Å². The lowest BCUT2D eigenvalue weighted by Gasteiger charge is -2.19. The van der Waals surface area contributed by atoms with Crippen LogP contribution >= 0.6 is 23.4 Å². The number of nitrogens with zero attached hydrogens (tertiary/aromatic N) is 2. The number of imidazole rings is 1. The molecule has 1 fully saturated rings. The van der Waals surface area contributed by atoms with Crippen LogP contribution in [0, 0.1) is 0 Å². The van der Waals surface area contributed by atoms with E-state index in [-0.39, 0.29) is 10.7 Å². The molecule has 30 heavy (non-hydrogen) atoms. The lowest BCUT2D eigenvalue weighted by molar-refractivity contribution is -0.137. The van der Waals surface area contributed by atoms with Crippen LogP contribution in [0.2, 0.25) is 5.02 Å². The fourth-order valence-electron chi connectivity index (χ4n) is 3.09. The highest BCUT2D eigenvalue weighted by molar-refractivity contribution is 8.00. The number of benzene rings is 2. The molecule has 2 aromatic carbocycles. The lowest BCUT2D eigenvalue weighted by Crippen LogP contribution is -2.22. The molecule has 0 spiro atoms. The summed E-state index contributed by atoms with van der Waals surface area (Å²) in [5, 5.41) is 2.28. The normalized spacial score (nSPS) is 15.1. The average molecular weight is 452 g/mol. The van der Waals surface area contributed by atoms with E-state index in [1.54, 1.807) is 30.5 Å². The van der Waals surface area contributed by atoms with Crippen LogP contribution in [0.15, 0.2) is 66.1 Å². The van der Waals surface area contributed by atoms with Gasteiger partial charge in [0.25, 0.3) is 0 Å². The number of hydrogen-bond donors (Lipinski definition) is 1. The second kappa shape index (κ2) is 8.35. The summed E-state index contributed by atoms with van der Waals surface area (Å²) in [5.74, 6) is -0.565. The summed E-state index contributed by atoms with van der Waals surface area (Å²) in [7, 11) is 0. The van der Waals surface area contributed by atoms with E-state index in [1.165, 1.54) is 23.9 Å². The summed E-state index contributed by atoms with van der Waals surface area (Å²) in [6.07, 6.45) is 0.977. The average Bonchev–Trinajstić information content (AvgIpc) is 3.45. The second-order valence-corrected chi connectivity index (χ2v) is 8.44. The molecule has 1 aromatic heterocycles. The number of halogens is 4. The standard InChI is InChI=1S/C21H17ClF3N3OS/c22-14-6-9-17(16(12-14)21(23,24)25)27-19(29)18(13-4-2-1-3-5-13)30-20-26-10-11-28(20)15-7-8-15/h1-6,9-12,15,18H,7-8H2,(H,27,29)/t18-/m0/s1. The fourth-order valence-corrected chi connectivity index (χ4v) is 4.38. The van der Waals surface area contributed by atoms with Crippen LogP contribution in [0.5, 0.6) is 0 Å². The quantitative estimate of drug-likeness (QED) is 0.443. The number of nitrogens with one attached hydrogen (secondary N) is 1. The van der Waals surface area contributed by atoms with Crippen LogP contribution in [0.3, 0.4) is 0 Å². The minimum Gasteiger partial charge on any atom is -0.324 e. The molecule has 1 aliphatic rings. The first-order valence-corrected chi connectivity index (χ1v) is 10.5. The molecular weight excluding hydrogens is 435 g/mol. The van der Waals surface area contributed by atoms with Crippen LogP contribution in [-0.2, 0) is 11.0 Å². The predicted octanol–water partition coefficient (Wildman–Crippen LogP) is 6.36. The molecule has 0 bridgehead atoms. The van der Waals surface area contributed by atoms with E-state index >= 15 is 0 Å². The first-order valence-electron chi connectivity index (χ1n) is 9.25. The molecule has 4 nitrogen and oxygen atoms in total. The number of hydrogen-bond acceptors (Lipinski definition) is 3. The Bertz CT molecular complexity index is 1050.